The van der Waals surface area contributed by atoms with Crippen LogP contribution in [0, 0.1) is 0 Å². The Morgan fingerprint density at radius 3 is 2.45 bits per heavy atom. The lowest BCUT2D eigenvalue weighted by molar-refractivity contribution is -0.164. The van der Waals surface area contributed by atoms with Gasteiger partial charge >= 0.3 is 0 Å². The second-order valence-corrected chi connectivity index (χ2v) is 6.39. The molecule has 0 radical (unpaired) electrons. The van der Waals surface area contributed by atoms with E-state index in [2.05, 4.69) is 5.32 Å². The largest absolute Gasteiger partial charge is 0.376 e. The highest BCUT2D eigenvalue weighted by molar-refractivity contribution is 6.00. The number of carbonyl (C=O) groups is 2. The number of ether oxygens (including phenoxy) is 1. The number of rotatable bonds is 3. The van der Waals surface area contributed by atoms with Gasteiger partial charge in [0, 0.05) is 6.61 Å². The number of carbonyl (C=O) groups excluding carboxylic acids is 2. The van der Waals surface area contributed by atoms with Gasteiger partial charge in [0.25, 0.3) is 0 Å². The van der Waals surface area contributed by atoms with Crippen LogP contribution in [0.2, 0.25) is 0 Å². The third kappa shape index (κ3) is 2.03. The molecule has 2 heterocycles. The fourth-order valence-corrected chi connectivity index (χ4v) is 3.27. The highest BCUT2D eigenvalue weighted by Crippen LogP contribution is 2.38. The molecule has 2 rings (SSSR count). The maximum absolute atomic E-state index is 13.0. The van der Waals surface area contributed by atoms with Gasteiger partial charge in [-0.05, 0) is 40.0 Å². The SMILES string of the molecule is CCC1C(=O)NC(C)(CC)C(=O)N1C1(C)CCOC1C. The first kappa shape index (κ1) is 15.3. The molecule has 2 amide bonds. The maximum atomic E-state index is 13.0. The van der Waals surface area contributed by atoms with E-state index in [1.54, 1.807) is 0 Å². The molecule has 2 fully saturated rings. The van der Waals surface area contributed by atoms with E-state index >= 15 is 0 Å². The molecule has 2 aliphatic rings. The first-order valence-corrected chi connectivity index (χ1v) is 7.57. The van der Waals surface area contributed by atoms with E-state index in [-0.39, 0.29) is 17.9 Å². The molecule has 4 atom stereocenters. The Kier molecular flexibility index (Phi) is 3.84. The van der Waals surface area contributed by atoms with E-state index in [1.165, 1.54) is 0 Å². The predicted octanol–water partition coefficient (Wildman–Crippen LogP) is 1.46. The fraction of sp³-hybridized carbons (Fsp3) is 0.867. The Bertz CT molecular complexity index is 425. The van der Waals surface area contributed by atoms with Crippen LogP contribution in [0.1, 0.15) is 53.9 Å². The lowest BCUT2D eigenvalue weighted by Crippen LogP contribution is -2.74. The summed E-state index contributed by atoms with van der Waals surface area (Å²) in [7, 11) is 0. The molecule has 114 valence electrons. The topological polar surface area (TPSA) is 58.6 Å². The van der Waals surface area contributed by atoms with Crippen molar-refractivity contribution in [3.63, 3.8) is 0 Å². The van der Waals surface area contributed by atoms with E-state index in [9.17, 15) is 9.59 Å². The van der Waals surface area contributed by atoms with Crippen LogP contribution in [0.15, 0.2) is 0 Å². The van der Waals surface area contributed by atoms with Crippen LogP contribution in [0.5, 0.6) is 0 Å². The third-order valence-corrected chi connectivity index (χ3v) is 5.20. The molecule has 0 saturated carbocycles. The summed E-state index contributed by atoms with van der Waals surface area (Å²) in [6.07, 6.45) is 1.95. The van der Waals surface area contributed by atoms with Crippen molar-refractivity contribution in [3.05, 3.63) is 0 Å². The molecule has 0 aromatic heterocycles. The minimum absolute atomic E-state index is 0.0197. The van der Waals surface area contributed by atoms with Crippen molar-refractivity contribution in [2.24, 2.45) is 0 Å². The average Bonchev–Trinajstić information content (AvgIpc) is 2.74. The molecule has 2 aliphatic heterocycles. The zero-order chi connectivity index (χ0) is 15.1. The number of hydrogen-bond donors (Lipinski definition) is 1. The molecule has 0 bridgehead atoms. The summed E-state index contributed by atoms with van der Waals surface area (Å²) in [5, 5.41) is 2.91. The summed E-state index contributed by atoms with van der Waals surface area (Å²) < 4.78 is 5.67. The maximum Gasteiger partial charge on any atom is 0.249 e. The summed E-state index contributed by atoms with van der Waals surface area (Å²) in [5.41, 5.74) is -1.19. The molecule has 0 spiro atoms. The van der Waals surface area contributed by atoms with E-state index in [0.717, 1.165) is 6.42 Å². The standard InChI is InChI=1S/C15H26N2O3/c1-6-11-12(18)16-14(4,7-2)13(19)17(11)15(5)8-9-20-10(15)3/h10-11H,6-9H2,1-5H3,(H,16,18). The summed E-state index contributed by atoms with van der Waals surface area (Å²) >= 11 is 0. The van der Waals surface area contributed by atoms with Crippen LogP contribution in [-0.4, -0.2) is 46.5 Å². The Morgan fingerprint density at radius 2 is 2.00 bits per heavy atom. The highest BCUT2D eigenvalue weighted by atomic mass is 16.5. The van der Waals surface area contributed by atoms with Crippen molar-refractivity contribution in [1.82, 2.24) is 10.2 Å². The molecule has 20 heavy (non-hydrogen) atoms. The van der Waals surface area contributed by atoms with Crippen molar-refractivity contribution < 1.29 is 14.3 Å². The molecule has 0 aromatic rings. The van der Waals surface area contributed by atoms with Gasteiger partial charge in [0.05, 0.1) is 11.6 Å². The van der Waals surface area contributed by atoms with E-state index in [1.807, 2.05) is 39.5 Å². The molecule has 1 N–H and O–H groups in total. The van der Waals surface area contributed by atoms with Gasteiger partial charge in [0.2, 0.25) is 11.8 Å². The molecule has 2 saturated heterocycles. The lowest BCUT2D eigenvalue weighted by Gasteiger charge is -2.51. The van der Waals surface area contributed by atoms with Crippen LogP contribution in [0.3, 0.4) is 0 Å². The van der Waals surface area contributed by atoms with E-state index < -0.39 is 17.1 Å². The summed E-state index contributed by atoms with van der Waals surface area (Å²) in [6.45, 7) is 10.4. The van der Waals surface area contributed by atoms with Crippen molar-refractivity contribution in [2.45, 2.75) is 77.1 Å². The minimum atomic E-state index is -0.798. The van der Waals surface area contributed by atoms with Crippen molar-refractivity contribution in [3.8, 4) is 0 Å². The first-order chi connectivity index (χ1) is 9.30. The van der Waals surface area contributed by atoms with Gasteiger partial charge < -0.3 is 15.0 Å². The van der Waals surface area contributed by atoms with Crippen LogP contribution in [0.25, 0.3) is 0 Å². The molecular weight excluding hydrogens is 256 g/mol. The number of piperazine rings is 1. The smallest absolute Gasteiger partial charge is 0.249 e. The Morgan fingerprint density at radius 1 is 1.35 bits per heavy atom. The van der Waals surface area contributed by atoms with Crippen LogP contribution < -0.4 is 5.32 Å². The van der Waals surface area contributed by atoms with Gasteiger partial charge in [-0.3, -0.25) is 9.59 Å². The second-order valence-electron chi connectivity index (χ2n) is 6.39. The highest BCUT2D eigenvalue weighted by Gasteiger charge is 2.55. The molecule has 4 unspecified atom stereocenters. The number of nitrogens with zero attached hydrogens (tertiary/aromatic N) is 1. The Labute approximate surface area is 121 Å². The molecule has 0 aliphatic carbocycles. The Balaban J connectivity index is 2.45. The second kappa shape index (κ2) is 5.02. The van der Waals surface area contributed by atoms with Gasteiger partial charge in [-0.2, -0.15) is 0 Å². The number of nitrogens with one attached hydrogen (secondary N) is 1. The average molecular weight is 282 g/mol. The molecule has 5 nitrogen and oxygen atoms in total. The third-order valence-electron chi connectivity index (χ3n) is 5.20. The fourth-order valence-electron chi connectivity index (χ4n) is 3.27. The van der Waals surface area contributed by atoms with Crippen molar-refractivity contribution in [1.29, 1.82) is 0 Å². The van der Waals surface area contributed by atoms with Crippen molar-refractivity contribution in [2.75, 3.05) is 6.61 Å². The minimum Gasteiger partial charge on any atom is -0.376 e. The van der Waals surface area contributed by atoms with Crippen LogP contribution in [-0.2, 0) is 14.3 Å². The Hall–Kier alpha value is -1.10. The summed E-state index contributed by atoms with van der Waals surface area (Å²) in [5.74, 6) is -0.0249. The van der Waals surface area contributed by atoms with Gasteiger partial charge in [-0.1, -0.05) is 13.8 Å². The lowest BCUT2D eigenvalue weighted by atomic mass is 9.83. The normalized spacial score (nSPS) is 42.0. The van der Waals surface area contributed by atoms with Gasteiger partial charge in [-0.15, -0.1) is 0 Å². The molecular formula is C15H26N2O3. The summed E-state index contributed by atoms with van der Waals surface area (Å²) in [6, 6.07) is -0.392. The zero-order valence-electron chi connectivity index (χ0n) is 13.2. The molecule has 0 aromatic carbocycles. The number of hydrogen-bond acceptors (Lipinski definition) is 3. The predicted molar refractivity (Wildman–Crippen MR) is 76.2 cm³/mol. The van der Waals surface area contributed by atoms with E-state index in [0.29, 0.717) is 19.4 Å². The van der Waals surface area contributed by atoms with Crippen LogP contribution in [0.4, 0.5) is 0 Å². The summed E-state index contributed by atoms with van der Waals surface area (Å²) in [4.78, 5) is 27.2. The monoisotopic (exact) mass is 282 g/mol. The quantitative estimate of drug-likeness (QED) is 0.852. The van der Waals surface area contributed by atoms with Crippen molar-refractivity contribution >= 4 is 11.8 Å². The van der Waals surface area contributed by atoms with Gasteiger partial charge in [0.1, 0.15) is 11.6 Å². The first-order valence-electron chi connectivity index (χ1n) is 7.57. The van der Waals surface area contributed by atoms with Gasteiger partial charge in [0.15, 0.2) is 0 Å². The van der Waals surface area contributed by atoms with Gasteiger partial charge in [-0.25, -0.2) is 0 Å². The molecule has 5 heteroatoms. The number of amides is 2. The van der Waals surface area contributed by atoms with Crippen LogP contribution >= 0.6 is 0 Å². The van der Waals surface area contributed by atoms with E-state index in [4.69, 9.17) is 4.74 Å². The zero-order valence-corrected chi connectivity index (χ0v) is 13.2.